The molecular weight excluding hydrogens is 272 g/mol. The van der Waals surface area contributed by atoms with Gasteiger partial charge in [0.2, 0.25) is 0 Å². The third-order valence-electron chi connectivity index (χ3n) is 2.76. The molecule has 114 valence electrons. The van der Waals surface area contributed by atoms with E-state index in [4.69, 9.17) is 9.47 Å². The summed E-state index contributed by atoms with van der Waals surface area (Å²) in [6.45, 7) is 6.47. The number of esters is 2. The number of hydrogen-bond donors (Lipinski definition) is 1. The van der Waals surface area contributed by atoms with Crippen LogP contribution in [-0.2, 0) is 20.7 Å². The molecule has 5 nitrogen and oxygen atoms in total. The van der Waals surface area contributed by atoms with Crippen LogP contribution in [-0.4, -0.2) is 36.4 Å². The number of hydrogen-bond acceptors (Lipinski definition) is 5. The van der Waals surface area contributed by atoms with Gasteiger partial charge in [-0.2, -0.15) is 0 Å². The molecule has 0 aromatic heterocycles. The van der Waals surface area contributed by atoms with Crippen LogP contribution in [0.25, 0.3) is 0 Å². The largest absolute Gasteiger partial charge is 0.459 e. The Kier molecular flexibility index (Phi) is 6.62. The van der Waals surface area contributed by atoms with Crippen LogP contribution in [0.3, 0.4) is 0 Å². The van der Waals surface area contributed by atoms with Gasteiger partial charge in [-0.25, -0.2) is 9.59 Å². The highest BCUT2D eigenvalue weighted by atomic mass is 16.6. The summed E-state index contributed by atoms with van der Waals surface area (Å²) in [6, 6.07) is 7.05. The zero-order valence-corrected chi connectivity index (χ0v) is 12.3. The Morgan fingerprint density at radius 3 is 2.29 bits per heavy atom. The van der Waals surface area contributed by atoms with Gasteiger partial charge in [0, 0.05) is 5.57 Å². The molecule has 1 atom stereocenters. The van der Waals surface area contributed by atoms with E-state index in [1.54, 1.807) is 12.1 Å². The number of carbonyl (C=O) groups is 2. The minimum absolute atomic E-state index is 0.238. The molecule has 1 N–H and O–H groups in total. The third kappa shape index (κ3) is 5.79. The van der Waals surface area contributed by atoms with Crippen LogP contribution >= 0.6 is 0 Å². The fourth-order valence-electron chi connectivity index (χ4n) is 1.47. The molecule has 0 aliphatic carbocycles. The van der Waals surface area contributed by atoms with Crippen molar-refractivity contribution >= 4 is 11.9 Å². The number of rotatable bonds is 7. The number of benzene rings is 1. The predicted octanol–water partition coefficient (Wildman–Crippen LogP) is 1.89. The molecule has 0 heterocycles. The van der Waals surface area contributed by atoms with E-state index in [2.05, 4.69) is 6.58 Å². The smallest absolute Gasteiger partial charge is 0.338 e. The second-order valence-electron chi connectivity index (χ2n) is 4.68. The van der Waals surface area contributed by atoms with Gasteiger partial charge in [0.25, 0.3) is 0 Å². The fourth-order valence-corrected chi connectivity index (χ4v) is 1.47. The van der Waals surface area contributed by atoms with Crippen molar-refractivity contribution in [2.45, 2.75) is 26.4 Å². The molecule has 0 bridgehead atoms. The van der Waals surface area contributed by atoms with Crippen molar-refractivity contribution < 1.29 is 24.2 Å². The monoisotopic (exact) mass is 292 g/mol. The van der Waals surface area contributed by atoms with Crippen molar-refractivity contribution in [3.63, 3.8) is 0 Å². The van der Waals surface area contributed by atoms with Crippen LogP contribution in [0.4, 0.5) is 0 Å². The minimum atomic E-state index is -1.06. The minimum Gasteiger partial charge on any atom is -0.459 e. The number of aryl methyl sites for hydroxylation is 1. The summed E-state index contributed by atoms with van der Waals surface area (Å²) in [5.41, 5.74) is 1.78. The average Bonchev–Trinajstić information content (AvgIpc) is 2.50. The maximum Gasteiger partial charge on any atom is 0.338 e. The first-order valence-electron chi connectivity index (χ1n) is 6.70. The summed E-state index contributed by atoms with van der Waals surface area (Å²) in [7, 11) is 0. The van der Waals surface area contributed by atoms with Crippen molar-refractivity contribution in [1.29, 1.82) is 0 Å². The van der Waals surface area contributed by atoms with Crippen LogP contribution in [0.2, 0.25) is 0 Å². The van der Waals surface area contributed by atoms with Crippen molar-refractivity contribution in [2.75, 3.05) is 13.2 Å². The summed E-state index contributed by atoms with van der Waals surface area (Å²) in [5, 5.41) is 9.57. The molecule has 5 heteroatoms. The number of ether oxygens (including phenoxy) is 2. The highest BCUT2D eigenvalue weighted by Crippen LogP contribution is 2.07. The second-order valence-corrected chi connectivity index (χ2v) is 4.68. The fraction of sp³-hybridized carbons (Fsp3) is 0.375. The van der Waals surface area contributed by atoms with E-state index in [0.29, 0.717) is 5.56 Å². The lowest BCUT2D eigenvalue weighted by Crippen LogP contribution is -2.25. The Morgan fingerprint density at radius 2 is 1.76 bits per heavy atom. The molecule has 0 aliphatic rings. The second kappa shape index (κ2) is 8.21. The van der Waals surface area contributed by atoms with Gasteiger partial charge >= 0.3 is 11.9 Å². The van der Waals surface area contributed by atoms with E-state index in [1.165, 1.54) is 6.92 Å². The van der Waals surface area contributed by atoms with E-state index in [-0.39, 0.29) is 18.8 Å². The van der Waals surface area contributed by atoms with Gasteiger partial charge < -0.3 is 14.6 Å². The van der Waals surface area contributed by atoms with E-state index >= 15 is 0 Å². The molecule has 1 rings (SSSR count). The molecule has 1 aromatic carbocycles. The molecule has 0 fully saturated rings. The summed E-state index contributed by atoms with van der Waals surface area (Å²) in [4.78, 5) is 22.9. The zero-order valence-electron chi connectivity index (χ0n) is 12.3. The number of aliphatic hydroxyl groups excluding tert-OH is 1. The van der Waals surface area contributed by atoms with E-state index < -0.39 is 18.0 Å². The van der Waals surface area contributed by atoms with Crippen LogP contribution in [0.15, 0.2) is 36.4 Å². The molecule has 0 saturated heterocycles. The Hall–Kier alpha value is -2.14. The van der Waals surface area contributed by atoms with Crippen molar-refractivity contribution in [3.8, 4) is 0 Å². The first-order chi connectivity index (χ1) is 9.93. The standard InChI is InChI=1S/C16H20O5/c1-4-12-5-7-13(8-6-12)16(19)21-10-14(17)9-20-15(18)11(2)3/h5-8,14,17H,2,4,9-10H2,1,3H3. The summed E-state index contributed by atoms with van der Waals surface area (Å²) < 4.78 is 9.71. The van der Waals surface area contributed by atoms with Gasteiger partial charge in [-0.05, 0) is 31.0 Å². The van der Waals surface area contributed by atoms with Gasteiger partial charge in [-0.1, -0.05) is 25.6 Å². The first kappa shape index (κ1) is 16.9. The highest BCUT2D eigenvalue weighted by molar-refractivity contribution is 5.89. The Morgan fingerprint density at radius 1 is 1.19 bits per heavy atom. The lowest BCUT2D eigenvalue weighted by atomic mass is 10.1. The molecule has 1 unspecified atom stereocenters. The molecule has 1 aromatic rings. The van der Waals surface area contributed by atoms with E-state index in [9.17, 15) is 14.7 Å². The molecule has 0 radical (unpaired) electrons. The van der Waals surface area contributed by atoms with Crippen LogP contribution < -0.4 is 0 Å². The van der Waals surface area contributed by atoms with Gasteiger partial charge in [-0.3, -0.25) is 0 Å². The highest BCUT2D eigenvalue weighted by Gasteiger charge is 2.13. The van der Waals surface area contributed by atoms with Gasteiger partial charge in [0.15, 0.2) is 0 Å². The molecular formula is C16H20O5. The van der Waals surface area contributed by atoms with Crippen LogP contribution in [0.5, 0.6) is 0 Å². The lowest BCUT2D eigenvalue weighted by Gasteiger charge is -2.12. The Bertz CT molecular complexity index is 504. The van der Waals surface area contributed by atoms with Crippen molar-refractivity contribution in [1.82, 2.24) is 0 Å². The first-order valence-corrected chi connectivity index (χ1v) is 6.70. The zero-order chi connectivity index (χ0) is 15.8. The molecule has 0 spiro atoms. The Labute approximate surface area is 124 Å². The predicted molar refractivity (Wildman–Crippen MR) is 77.9 cm³/mol. The maximum absolute atomic E-state index is 11.7. The van der Waals surface area contributed by atoms with Crippen molar-refractivity contribution in [2.24, 2.45) is 0 Å². The van der Waals surface area contributed by atoms with Gasteiger partial charge in [0.05, 0.1) is 5.56 Å². The Balaban J connectivity index is 2.37. The topological polar surface area (TPSA) is 72.8 Å². The third-order valence-corrected chi connectivity index (χ3v) is 2.76. The molecule has 0 amide bonds. The van der Waals surface area contributed by atoms with Gasteiger partial charge in [-0.15, -0.1) is 0 Å². The molecule has 21 heavy (non-hydrogen) atoms. The summed E-state index contributed by atoms with van der Waals surface area (Å²) >= 11 is 0. The van der Waals surface area contributed by atoms with Crippen molar-refractivity contribution in [3.05, 3.63) is 47.5 Å². The van der Waals surface area contributed by atoms with Crippen LogP contribution in [0.1, 0.15) is 29.8 Å². The van der Waals surface area contributed by atoms with E-state index in [1.807, 2.05) is 19.1 Å². The molecule has 0 aliphatic heterocycles. The van der Waals surface area contributed by atoms with Crippen LogP contribution in [0, 0.1) is 0 Å². The molecule has 0 saturated carbocycles. The quantitative estimate of drug-likeness (QED) is 0.613. The van der Waals surface area contributed by atoms with Gasteiger partial charge in [0.1, 0.15) is 19.3 Å². The summed E-state index contributed by atoms with van der Waals surface area (Å²) in [6.07, 6.45) is -0.172. The number of aliphatic hydroxyl groups is 1. The SMILES string of the molecule is C=C(C)C(=O)OCC(O)COC(=O)c1ccc(CC)cc1. The summed E-state index contributed by atoms with van der Waals surface area (Å²) in [5.74, 6) is -1.11. The number of carbonyl (C=O) groups excluding carboxylic acids is 2. The maximum atomic E-state index is 11.7. The lowest BCUT2D eigenvalue weighted by molar-refractivity contribution is -0.142. The van der Waals surface area contributed by atoms with E-state index in [0.717, 1.165) is 12.0 Å². The average molecular weight is 292 g/mol. The normalized spacial score (nSPS) is 11.6.